The molecule has 5 nitrogen and oxygen atoms in total. The van der Waals surface area contributed by atoms with E-state index in [1.54, 1.807) is 7.11 Å². The van der Waals surface area contributed by atoms with Crippen molar-refractivity contribution in [2.45, 2.75) is 6.42 Å². The van der Waals surface area contributed by atoms with E-state index in [2.05, 4.69) is 35.2 Å². The fourth-order valence-corrected chi connectivity index (χ4v) is 3.59. The zero-order chi connectivity index (χ0) is 18.6. The summed E-state index contributed by atoms with van der Waals surface area (Å²) in [6.07, 6.45) is 1.89. The Morgan fingerprint density at radius 1 is 1.00 bits per heavy atom. The van der Waals surface area contributed by atoms with Gasteiger partial charge in [-0.15, -0.1) is 0 Å². The van der Waals surface area contributed by atoms with E-state index in [4.69, 9.17) is 9.72 Å². The number of hydrogen-bond acceptors (Lipinski definition) is 4. The predicted molar refractivity (Wildman–Crippen MR) is 108 cm³/mol. The fraction of sp³-hybridized carbons (Fsp3) is 0.273. The zero-order valence-corrected chi connectivity index (χ0v) is 15.5. The van der Waals surface area contributed by atoms with E-state index in [9.17, 15) is 4.79 Å². The number of hydrogen-bond donors (Lipinski definition) is 0. The lowest BCUT2D eigenvalue weighted by molar-refractivity contribution is -0.117. The molecule has 4 rings (SSSR count). The lowest BCUT2D eigenvalue weighted by Gasteiger charge is -2.24. The van der Waals surface area contributed by atoms with Crippen LogP contribution in [0.5, 0.6) is 5.75 Å². The standard InChI is InChI=1S/C22H23N3O2/c1-27-19-9-7-17(8-10-19)21-15-18-5-2-3-6-20(18)22(23-21)25-12-4-11-24(16-26)13-14-25/h2-3,5-10,15-16H,4,11-14H2,1H3. The van der Waals surface area contributed by atoms with Gasteiger partial charge >= 0.3 is 0 Å². The van der Waals surface area contributed by atoms with Gasteiger partial charge < -0.3 is 14.5 Å². The highest BCUT2D eigenvalue weighted by atomic mass is 16.5. The number of pyridine rings is 1. The molecule has 1 aliphatic rings. The minimum absolute atomic E-state index is 0.728. The first-order chi connectivity index (χ1) is 13.3. The smallest absolute Gasteiger partial charge is 0.209 e. The Bertz CT molecular complexity index is 940. The van der Waals surface area contributed by atoms with Gasteiger partial charge in [-0.25, -0.2) is 4.98 Å². The monoisotopic (exact) mass is 361 g/mol. The first kappa shape index (κ1) is 17.3. The molecule has 0 atom stereocenters. The Morgan fingerprint density at radius 2 is 1.81 bits per heavy atom. The molecule has 0 saturated carbocycles. The van der Waals surface area contributed by atoms with Gasteiger partial charge in [-0.3, -0.25) is 4.79 Å². The van der Waals surface area contributed by atoms with Gasteiger partial charge in [0.05, 0.1) is 12.8 Å². The second kappa shape index (κ2) is 7.66. The first-order valence-corrected chi connectivity index (χ1v) is 9.27. The third-order valence-corrected chi connectivity index (χ3v) is 5.09. The predicted octanol–water partition coefficient (Wildman–Crippen LogP) is 3.58. The largest absolute Gasteiger partial charge is 0.497 e. The molecule has 0 N–H and O–H groups in total. The van der Waals surface area contributed by atoms with E-state index in [1.807, 2.05) is 29.2 Å². The van der Waals surface area contributed by atoms with E-state index in [1.165, 1.54) is 5.39 Å². The molecule has 27 heavy (non-hydrogen) atoms. The van der Waals surface area contributed by atoms with Crippen LogP contribution in [0.3, 0.4) is 0 Å². The van der Waals surface area contributed by atoms with Crippen molar-refractivity contribution in [3.05, 3.63) is 54.6 Å². The second-order valence-corrected chi connectivity index (χ2v) is 6.76. The third-order valence-electron chi connectivity index (χ3n) is 5.09. The number of aromatic nitrogens is 1. The van der Waals surface area contributed by atoms with Crippen molar-refractivity contribution in [1.29, 1.82) is 0 Å². The summed E-state index contributed by atoms with van der Waals surface area (Å²) >= 11 is 0. The summed E-state index contributed by atoms with van der Waals surface area (Å²) in [6, 6.07) is 18.5. The Kier molecular flexibility index (Phi) is 4.92. The second-order valence-electron chi connectivity index (χ2n) is 6.76. The number of carbonyl (C=O) groups excluding carboxylic acids is 1. The van der Waals surface area contributed by atoms with Gasteiger partial charge in [0.15, 0.2) is 0 Å². The van der Waals surface area contributed by atoms with Gasteiger partial charge in [-0.1, -0.05) is 24.3 Å². The van der Waals surface area contributed by atoms with E-state index < -0.39 is 0 Å². The van der Waals surface area contributed by atoms with Gasteiger partial charge in [0, 0.05) is 37.1 Å². The third kappa shape index (κ3) is 3.58. The molecule has 1 fully saturated rings. The van der Waals surface area contributed by atoms with Crippen LogP contribution >= 0.6 is 0 Å². The SMILES string of the molecule is COc1ccc(-c2cc3ccccc3c(N3CCCN(C=O)CC3)n2)cc1. The molecule has 2 aromatic carbocycles. The summed E-state index contributed by atoms with van der Waals surface area (Å²) in [7, 11) is 1.67. The Morgan fingerprint density at radius 3 is 2.59 bits per heavy atom. The number of rotatable bonds is 4. The lowest BCUT2D eigenvalue weighted by Crippen LogP contribution is -2.30. The number of anilines is 1. The normalized spacial score (nSPS) is 14.9. The highest BCUT2D eigenvalue weighted by Gasteiger charge is 2.18. The Labute approximate surface area is 159 Å². The van der Waals surface area contributed by atoms with E-state index >= 15 is 0 Å². The summed E-state index contributed by atoms with van der Waals surface area (Å²) in [6.45, 7) is 3.22. The summed E-state index contributed by atoms with van der Waals surface area (Å²) in [5, 5.41) is 2.32. The fourth-order valence-electron chi connectivity index (χ4n) is 3.59. The van der Waals surface area contributed by atoms with Crippen LogP contribution in [0.4, 0.5) is 5.82 Å². The van der Waals surface area contributed by atoms with Gasteiger partial charge in [0.1, 0.15) is 11.6 Å². The molecule has 0 aliphatic carbocycles. The molecule has 3 aromatic rings. The molecule has 1 saturated heterocycles. The summed E-state index contributed by atoms with van der Waals surface area (Å²) in [5.41, 5.74) is 2.01. The maximum atomic E-state index is 11.1. The van der Waals surface area contributed by atoms with E-state index in [0.29, 0.717) is 0 Å². The number of methoxy groups -OCH3 is 1. The summed E-state index contributed by atoms with van der Waals surface area (Å²) in [4.78, 5) is 20.3. The van der Waals surface area contributed by atoms with Crippen molar-refractivity contribution >= 4 is 23.0 Å². The van der Waals surface area contributed by atoms with Gasteiger partial charge in [-0.05, 0) is 42.1 Å². The summed E-state index contributed by atoms with van der Waals surface area (Å²) < 4.78 is 5.27. The number of nitrogens with zero attached hydrogens (tertiary/aromatic N) is 3. The van der Waals surface area contributed by atoms with Crippen LogP contribution in [0.25, 0.3) is 22.0 Å². The molecule has 1 aliphatic heterocycles. The summed E-state index contributed by atoms with van der Waals surface area (Å²) in [5.74, 6) is 1.83. The van der Waals surface area contributed by atoms with Crippen LogP contribution in [0, 0.1) is 0 Å². The average Bonchev–Trinajstić information content (AvgIpc) is 2.98. The molecule has 0 unspecified atom stereocenters. The van der Waals surface area contributed by atoms with E-state index in [-0.39, 0.29) is 0 Å². The van der Waals surface area contributed by atoms with Crippen LogP contribution in [0.1, 0.15) is 6.42 Å². The average molecular weight is 361 g/mol. The van der Waals surface area contributed by atoms with E-state index in [0.717, 1.165) is 67.2 Å². The first-order valence-electron chi connectivity index (χ1n) is 9.27. The molecule has 0 spiro atoms. The molecule has 2 heterocycles. The molecule has 0 radical (unpaired) electrons. The van der Waals surface area contributed by atoms with Crippen molar-refractivity contribution in [3.63, 3.8) is 0 Å². The van der Waals surface area contributed by atoms with Gasteiger partial charge in [0.25, 0.3) is 0 Å². The molecule has 138 valence electrons. The number of amides is 1. The molecular formula is C22H23N3O2. The van der Waals surface area contributed by atoms with Crippen molar-refractivity contribution in [2.75, 3.05) is 38.2 Å². The maximum Gasteiger partial charge on any atom is 0.209 e. The Hall–Kier alpha value is -3.08. The number of carbonyl (C=O) groups is 1. The van der Waals surface area contributed by atoms with Crippen LogP contribution in [0.2, 0.25) is 0 Å². The van der Waals surface area contributed by atoms with Crippen molar-refractivity contribution < 1.29 is 9.53 Å². The van der Waals surface area contributed by atoms with Crippen LogP contribution in [0.15, 0.2) is 54.6 Å². The molecule has 1 aromatic heterocycles. The van der Waals surface area contributed by atoms with Gasteiger partial charge in [0.2, 0.25) is 6.41 Å². The van der Waals surface area contributed by atoms with Crippen molar-refractivity contribution in [1.82, 2.24) is 9.88 Å². The zero-order valence-electron chi connectivity index (χ0n) is 15.5. The Balaban J connectivity index is 1.77. The van der Waals surface area contributed by atoms with Crippen molar-refractivity contribution in [3.8, 4) is 17.0 Å². The number of fused-ring (bicyclic) bond motifs is 1. The van der Waals surface area contributed by atoms with Gasteiger partial charge in [-0.2, -0.15) is 0 Å². The molecular weight excluding hydrogens is 338 g/mol. The number of benzene rings is 2. The van der Waals surface area contributed by atoms with Crippen molar-refractivity contribution in [2.24, 2.45) is 0 Å². The topological polar surface area (TPSA) is 45.7 Å². The highest BCUT2D eigenvalue weighted by molar-refractivity contribution is 5.95. The molecule has 0 bridgehead atoms. The number of ether oxygens (including phenoxy) is 1. The highest BCUT2D eigenvalue weighted by Crippen LogP contribution is 2.31. The quantitative estimate of drug-likeness (QED) is 0.667. The molecule has 1 amide bonds. The maximum absolute atomic E-state index is 11.1. The van der Waals surface area contributed by atoms with Crippen LogP contribution in [-0.4, -0.2) is 49.6 Å². The minimum atomic E-state index is 0.728. The van der Waals surface area contributed by atoms with Crippen LogP contribution in [-0.2, 0) is 4.79 Å². The molecule has 5 heteroatoms. The minimum Gasteiger partial charge on any atom is -0.497 e. The van der Waals surface area contributed by atoms with Crippen LogP contribution < -0.4 is 9.64 Å². The lowest BCUT2D eigenvalue weighted by atomic mass is 10.1.